The second-order valence-electron chi connectivity index (χ2n) is 7.04. The molecule has 0 radical (unpaired) electrons. The highest BCUT2D eigenvalue weighted by molar-refractivity contribution is 6.12. The molecule has 6 nitrogen and oxygen atoms in total. The van der Waals surface area contributed by atoms with Gasteiger partial charge in [-0.3, -0.25) is 9.59 Å². The molecule has 2 amide bonds. The van der Waals surface area contributed by atoms with Crippen LogP contribution in [0.4, 0.5) is 15.8 Å². The van der Waals surface area contributed by atoms with E-state index in [9.17, 15) is 18.8 Å². The molecule has 1 N–H and O–H groups in total. The Balaban J connectivity index is 1.76. The van der Waals surface area contributed by atoms with Crippen molar-refractivity contribution in [1.29, 1.82) is 0 Å². The molecule has 0 aromatic heterocycles. The van der Waals surface area contributed by atoms with Gasteiger partial charge in [0, 0.05) is 18.4 Å². The van der Waals surface area contributed by atoms with Gasteiger partial charge in [-0.25, -0.2) is 9.18 Å². The number of anilines is 2. The van der Waals surface area contributed by atoms with Gasteiger partial charge in [-0.05, 0) is 55.0 Å². The van der Waals surface area contributed by atoms with Crippen LogP contribution in [0.25, 0.3) is 0 Å². The van der Waals surface area contributed by atoms with Crippen LogP contribution >= 0.6 is 0 Å². The van der Waals surface area contributed by atoms with Crippen LogP contribution < -0.4 is 10.2 Å². The van der Waals surface area contributed by atoms with E-state index in [4.69, 9.17) is 4.74 Å². The number of carbonyl (C=O) groups is 3. The fourth-order valence-corrected chi connectivity index (χ4v) is 3.07. The second kappa shape index (κ2) is 10.3. The van der Waals surface area contributed by atoms with Crippen LogP contribution in [0.5, 0.6) is 0 Å². The first kappa shape index (κ1) is 22.7. The molecule has 3 aromatic carbocycles. The number of amides is 2. The van der Waals surface area contributed by atoms with E-state index in [0.29, 0.717) is 11.4 Å². The van der Waals surface area contributed by atoms with Gasteiger partial charge in [0.2, 0.25) is 0 Å². The Morgan fingerprint density at radius 3 is 2.12 bits per heavy atom. The summed E-state index contributed by atoms with van der Waals surface area (Å²) in [5, 5.41) is 2.60. The number of carbonyl (C=O) groups excluding carboxylic acids is 3. The van der Waals surface area contributed by atoms with Crippen LogP contribution in [-0.4, -0.2) is 30.9 Å². The topological polar surface area (TPSA) is 75.7 Å². The van der Waals surface area contributed by atoms with Gasteiger partial charge in [-0.2, -0.15) is 0 Å². The van der Waals surface area contributed by atoms with Gasteiger partial charge in [0.25, 0.3) is 11.8 Å². The van der Waals surface area contributed by atoms with E-state index in [-0.39, 0.29) is 23.5 Å². The van der Waals surface area contributed by atoms with Gasteiger partial charge in [0.05, 0.1) is 11.1 Å². The van der Waals surface area contributed by atoms with Crippen molar-refractivity contribution in [3.63, 3.8) is 0 Å². The minimum absolute atomic E-state index is 0.0633. The number of hydrogen-bond donors (Lipinski definition) is 1. The van der Waals surface area contributed by atoms with Crippen molar-refractivity contribution in [2.75, 3.05) is 17.3 Å². The molecule has 0 saturated carbocycles. The lowest BCUT2D eigenvalue weighted by Crippen LogP contribution is -2.33. The largest absolute Gasteiger partial charge is 0.449 e. The zero-order chi connectivity index (χ0) is 23.1. The van der Waals surface area contributed by atoms with Crippen molar-refractivity contribution in [2.24, 2.45) is 0 Å². The van der Waals surface area contributed by atoms with Crippen molar-refractivity contribution in [3.05, 3.63) is 95.8 Å². The number of ether oxygens (including phenoxy) is 1. The number of rotatable bonds is 7. The predicted octanol–water partition coefficient (Wildman–Crippen LogP) is 4.68. The molecule has 0 aliphatic rings. The van der Waals surface area contributed by atoms with E-state index in [1.54, 1.807) is 38.2 Å². The Morgan fingerprint density at radius 2 is 1.50 bits per heavy atom. The lowest BCUT2D eigenvalue weighted by molar-refractivity contribution is -0.124. The minimum atomic E-state index is -1.08. The Bertz CT molecular complexity index is 1100. The van der Waals surface area contributed by atoms with E-state index in [1.165, 1.54) is 41.3 Å². The van der Waals surface area contributed by atoms with Crippen LogP contribution in [0.1, 0.15) is 34.1 Å². The number of para-hydroxylation sites is 1. The molecule has 0 bridgehead atoms. The molecular weight excluding hydrogens is 411 g/mol. The average molecular weight is 434 g/mol. The van der Waals surface area contributed by atoms with E-state index >= 15 is 0 Å². The zero-order valence-electron chi connectivity index (χ0n) is 17.7. The number of nitrogens with zero attached hydrogens (tertiary/aromatic N) is 1. The Kier molecular flexibility index (Phi) is 7.33. The monoisotopic (exact) mass is 434 g/mol. The van der Waals surface area contributed by atoms with Crippen molar-refractivity contribution in [2.45, 2.75) is 19.4 Å². The van der Waals surface area contributed by atoms with Gasteiger partial charge < -0.3 is 15.0 Å². The molecule has 0 saturated heterocycles. The summed E-state index contributed by atoms with van der Waals surface area (Å²) < 4.78 is 18.5. The van der Waals surface area contributed by atoms with Gasteiger partial charge in [-0.1, -0.05) is 37.3 Å². The molecule has 0 aliphatic carbocycles. The molecule has 32 heavy (non-hydrogen) atoms. The fraction of sp³-hybridized carbons (Fsp3) is 0.160. The number of nitrogens with one attached hydrogen (secondary N) is 1. The number of hydrogen-bond acceptors (Lipinski definition) is 4. The Morgan fingerprint density at radius 1 is 0.906 bits per heavy atom. The number of esters is 1. The van der Waals surface area contributed by atoms with E-state index in [2.05, 4.69) is 5.32 Å². The standard InChI is InChI=1S/C25H23FN2O4/c1-3-22(23(29)27-18-15-13-17(26)14-16-18)32-25(31)21-12-8-7-11-20(21)24(30)28(2)19-9-5-4-6-10-19/h4-16,22H,3H2,1-2H3,(H,27,29). The van der Waals surface area contributed by atoms with Crippen molar-refractivity contribution in [3.8, 4) is 0 Å². The third kappa shape index (κ3) is 5.37. The fourth-order valence-electron chi connectivity index (χ4n) is 3.07. The molecule has 164 valence electrons. The van der Waals surface area contributed by atoms with E-state index in [0.717, 1.165) is 0 Å². The summed E-state index contributed by atoms with van der Waals surface area (Å²) in [4.78, 5) is 39.9. The molecule has 3 aromatic rings. The maximum atomic E-state index is 13.1. The maximum absolute atomic E-state index is 13.1. The first-order chi connectivity index (χ1) is 15.4. The summed E-state index contributed by atoms with van der Waals surface area (Å²) in [5.41, 5.74) is 1.28. The van der Waals surface area contributed by atoms with E-state index in [1.807, 2.05) is 18.2 Å². The summed E-state index contributed by atoms with van der Waals surface area (Å²) in [7, 11) is 1.62. The average Bonchev–Trinajstić information content (AvgIpc) is 2.83. The predicted molar refractivity (Wildman–Crippen MR) is 120 cm³/mol. The molecule has 1 atom stereocenters. The Hall–Kier alpha value is -4.00. The summed E-state index contributed by atoms with van der Waals surface area (Å²) in [6.07, 6.45) is -0.860. The van der Waals surface area contributed by atoms with Crippen LogP contribution in [0, 0.1) is 5.82 Å². The first-order valence-corrected chi connectivity index (χ1v) is 10.1. The Labute approximate surface area is 185 Å². The molecule has 0 fully saturated rings. The summed E-state index contributed by atoms with van der Waals surface area (Å²) in [6, 6.07) is 20.6. The van der Waals surface area contributed by atoms with Crippen LogP contribution in [0.15, 0.2) is 78.9 Å². The lowest BCUT2D eigenvalue weighted by atomic mass is 10.1. The SMILES string of the molecule is CCC(OC(=O)c1ccccc1C(=O)N(C)c1ccccc1)C(=O)Nc1ccc(F)cc1. The van der Waals surface area contributed by atoms with Crippen LogP contribution in [0.2, 0.25) is 0 Å². The highest BCUT2D eigenvalue weighted by atomic mass is 19.1. The summed E-state index contributed by atoms with van der Waals surface area (Å²) in [6.45, 7) is 1.70. The minimum Gasteiger partial charge on any atom is -0.449 e. The van der Waals surface area contributed by atoms with Crippen molar-refractivity contribution >= 4 is 29.2 Å². The van der Waals surface area contributed by atoms with Gasteiger partial charge >= 0.3 is 5.97 Å². The highest BCUT2D eigenvalue weighted by Gasteiger charge is 2.26. The molecule has 1 unspecified atom stereocenters. The number of benzene rings is 3. The maximum Gasteiger partial charge on any atom is 0.339 e. The molecule has 0 heterocycles. The highest BCUT2D eigenvalue weighted by Crippen LogP contribution is 2.19. The summed E-state index contributed by atoms with van der Waals surface area (Å²) >= 11 is 0. The molecule has 3 rings (SSSR count). The first-order valence-electron chi connectivity index (χ1n) is 10.1. The second-order valence-corrected chi connectivity index (χ2v) is 7.04. The number of halogens is 1. The zero-order valence-corrected chi connectivity index (χ0v) is 17.7. The third-order valence-corrected chi connectivity index (χ3v) is 4.85. The third-order valence-electron chi connectivity index (χ3n) is 4.85. The lowest BCUT2D eigenvalue weighted by Gasteiger charge is -2.20. The normalized spacial score (nSPS) is 11.3. The van der Waals surface area contributed by atoms with Crippen LogP contribution in [-0.2, 0) is 9.53 Å². The summed E-state index contributed by atoms with van der Waals surface area (Å²) in [5.74, 6) is -2.13. The molecule has 0 aliphatic heterocycles. The van der Waals surface area contributed by atoms with Crippen LogP contribution in [0.3, 0.4) is 0 Å². The molecule has 0 spiro atoms. The quantitative estimate of drug-likeness (QED) is 0.548. The van der Waals surface area contributed by atoms with Crippen molar-refractivity contribution in [1.82, 2.24) is 0 Å². The van der Waals surface area contributed by atoms with Crippen molar-refractivity contribution < 1.29 is 23.5 Å². The molecular formula is C25H23FN2O4. The van der Waals surface area contributed by atoms with E-state index < -0.39 is 23.8 Å². The van der Waals surface area contributed by atoms with Gasteiger partial charge in [0.1, 0.15) is 5.82 Å². The van der Waals surface area contributed by atoms with Gasteiger partial charge in [-0.15, -0.1) is 0 Å². The molecule has 7 heteroatoms. The van der Waals surface area contributed by atoms with Gasteiger partial charge in [0.15, 0.2) is 6.10 Å². The smallest absolute Gasteiger partial charge is 0.339 e.